The van der Waals surface area contributed by atoms with Crippen molar-refractivity contribution in [3.8, 4) is 0 Å². The molecule has 0 saturated carbocycles. The topological polar surface area (TPSA) is 129 Å². The Morgan fingerprint density at radius 1 is 0.763 bits per heavy atom. The van der Waals surface area contributed by atoms with E-state index < -0.39 is 57.7 Å². The Balaban J connectivity index is 0.000000212. The van der Waals surface area contributed by atoms with Crippen LogP contribution in [0.5, 0.6) is 0 Å². The number of alkyl halides is 6. The number of esters is 1. The first-order valence-electron chi connectivity index (χ1n) is 10.5. The number of para-hydroxylation sites is 2. The van der Waals surface area contributed by atoms with Crippen LogP contribution < -0.4 is 10.9 Å². The molecule has 0 fully saturated rings. The summed E-state index contributed by atoms with van der Waals surface area (Å²) in [6, 6.07) is 11.1. The number of H-pyrrole nitrogens is 2. The lowest BCUT2D eigenvalue weighted by molar-refractivity contribution is -0.142. The third kappa shape index (κ3) is 5.53. The van der Waals surface area contributed by atoms with E-state index in [1.807, 2.05) is 4.98 Å². The van der Waals surface area contributed by atoms with E-state index in [-0.39, 0.29) is 28.4 Å². The van der Waals surface area contributed by atoms with Crippen LogP contribution in [-0.4, -0.2) is 33.6 Å². The first kappa shape index (κ1) is 28.0. The normalized spacial score (nSPS) is 11.7. The zero-order valence-corrected chi connectivity index (χ0v) is 19.1. The summed E-state index contributed by atoms with van der Waals surface area (Å²) in [7, 11) is 0. The molecule has 4 aromatic rings. The van der Waals surface area contributed by atoms with Crippen LogP contribution in [0.4, 0.5) is 26.3 Å². The van der Waals surface area contributed by atoms with Crippen LogP contribution in [0.1, 0.15) is 39.0 Å². The van der Waals surface area contributed by atoms with Gasteiger partial charge in [0.2, 0.25) is 10.9 Å². The summed E-state index contributed by atoms with van der Waals surface area (Å²) >= 11 is 0. The molecule has 0 aliphatic carbocycles. The number of aromatic carboxylic acids is 1. The zero-order chi connectivity index (χ0) is 28.4. The second kappa shape index (κ2) is 10.4. The predicted octanol–water partition coefficient (Wildman–Crippen LogP) is 4.97. The number of carbonyl (C=O) groups is 2. The molecule has 0 amide bonds. The lowest BCUT2D eigenvalue weighted by Crippen LogP contribution is -2.26. The van der Waals surface area contributed by atoms with Crippen molar-refractivity contribution in [2.24, 2.45) is 0 Å². The molecular weight excluding hydrogens is 526 g/mol. The second-order valence-electron chi connectivity index (χ2n) is 7.52. The summed E-state index contributed by atoms with van der Waals surface area (Å²) in [5.41, 5.74) is -7.43. The molecule has 2 heterocycles. The highest BCUT2D eigenvalue weighted by molar-refractivity contribution is 5.95. The third-order valence-electron chi connectivity index (χ3n) is 5.08. The van der Waals surface area contributed by atoms with Crippen molar-refractivity contribution in [3.05, 3.63) is 91.5 Å². The minimum atomic E-state index is -4.93. The van der Waals surface area contributed by atoms with Crippen LogP contribution in [0.3, 0.4) is 0 Å². The Kier molecular flexibility index (Phi) is 7.65. The number of fused-ring (bicyclic) bond motifs is 2. The van der Waals surface area contributed by atoms with E-state index in [9.17, 15) is 45.5 Å². The molecule has 0 aliphatic rings. The van der Waals surface area contributed by atoms with Gasteiger partial charge in [0.1, 0.15) is 22.5 Å². The van der Waals surface area contributed by atoms with Crippen molar-refractivity contribution in [2.45, 2.75) is 19.3 Å². The van der Waals surface area contributed by atoms with Gasteiger partial charge in [0.15, 0.2) is 0 Å². The van der Waals surface area contributed by atoms with Crippen LogP contribution in [0.15, 0.2) is 58.1 Å². The number of rotatable bonds is 3. The van der Waals surface area contributed by atoms with E-state index in [1.54, 1.807) is 0 Å². The number of ether oxygens (including phenoxy) is 1. The molecule has 0 radical (unpaired) electrons. The summed E-state index contributed by atoms with van der Waals surface area (Å²) in [4.78, 5) is 50.3. The summed E-state index contributed by atoms with van der Waals surface area (Å²) in [5.74, 6) is -3.19. The monoisotopic (exact) mass is 542 g/mol. The number of aromatic amines is 2. The standard InChI is InChI=1S/C13H10F3NO3.C11H6F3NO3/c1-2-20-12(19)9-10(18)7-5-3-4-6-8(7)17-11(9)13(14,15)16;12-11(13,14)9-7(10(17)18)8(16)5-3-1-2-4-6(5)15-9/h3-6H,2H2,1H3,(H,17,18);1-4H,(H,15,16)(H,17,18). The average molecular weight is 542 g/mol. The molecule has 38 heavy (non-hydrogen) atoms. The van der Waals surface area contributed by atoms with Gasteiger partial charge in [-0.2, -0.15) is 26.3 Å². The Morgan fingerprint density at radius 2 is 1.16 bits per heavy atom. The van der Waals surface area contributed by atoms with Gasteiger partial charge < -0.3 is 19.8 Å². The summed E-state index contributed by atoms with van der Waals surface area (Å²) in [6.45, 7) is 1.32. The fourth-order valence-corrected chi connectivity index (χ4v) is 3.50. The van der Waals surface area contributed by atoms with Crippen LogP contribution in [-0.2, 0) is 17.1 Å². The third-order valence-corrected chi connectivity index (χ3v) is 5.08. The Hall–Kier alpha value is -4.62. The van der Waals surface area contributed by atoms with Crippen LogP contribution in [0.2, 0.25) is 0 Å². The van der Waals surface area contributed by atoms with Crippen molar-refractivity contribution in [1.82, 2.24) is 9.97 Å². The number of halogens is 6. The van der Waals surface area contributed by atoms with Crippen LogP contribution >= 0.6 is 0 Å². The number of hydrogen-bond donors (Lipinski definition) is 3. The van der Waals surface area contributed by atoms with Crippen molar-refractivity contribution < 1.29 is 45.8 Å². The summed E-state index contributed by atoms with van der Waals surface area (Å²) < 4.78 is 81.5. The quantitative estimate of drug-likeness (QED) is 0.248. The average Bonchev–Trinajstić information content (AvgIpc) is 2.83. The van der Waals surface area contributed by atoms with E-state index in [0.29, 0.717) is 0 Å². The van der Waals surface area contributed by atoms with Gasteiger partial charge in [-0.1, -0.05) is 24.3 Å². The van der Waals surface area contributed by atoms with E-state index in [4.69, 9.17) is 5.11 Å². The first-order chi connectivity index (χ1) is 17.7. The number of aromatic nitrogens is 2. The summed E-state index contributed by atoms with van der Waals surface area (Å²) in [5, 5.41) is 8.66. The van der Waals surface area contributed by atoms with Gasteiger partial charge >= 0.3 is 24.3 Å². The molecule has 0 spiro atoms. The van der Waals surface area contributed by atoms with Gasteiger partial charge in [-0.25, -0.2) is 9.59 Å². The minimum absolute atomic E-state index is 0.00329. The number of carboxylic acid groups (broad SMARTS) is 1. The fraction of sp³-hybridized carbons (Fsp3) is 0.167. The van der Waals surface area contributed by atoms with Crippen LogP contribution in [0.25, 0.3) is 21.8 Å². The highest BCUT2D eigenvalue weighted by atomic mass is 19.4. The molecule has 0 atom stereocenters. The largest absolute Gasteiger partial charge is 0.477 e. The van der Waals surface area contributed by atoms with Gasteiger partial charge in [-0.15, -0.1) is 0 Å². The highest BCUT2D eigenvalue weighted by Gasteiger charge is 2.40. The number of nitrogens with one attached hydrogen (secondary N) is 2. The van der Waals surface area contributed by atoms with Gasteiger partial charge in [-0.05, 0) is 31.2 Å². The van der Waals surface area contributed by atoms with Gasteiger partial charge in [0, 0.05) is 21.8 Å². The van der Waals surface area contributed by atoms with Crippen molar-refractivity contribution in [3.63, 3.8) is 0 Å². The molecule has 4 rings (SSSR count). The van der Waals surface area contributed by atoms with E-state index in [2.05, 4.69) is 9.72 Å². The van der Waals surface area contributed by atoms with Crippen LogP contribution in [0, 0.1) is 0 Å². The molecule has 0 aliphatic heterocycles. The highest BCUT2D eigenvalue weighted by Crippen LogP contribution is 2.31. The predicted molar refractivity (Wildman–Crippen MR) is 122 cm³/mol. The SMILES string of the molecule is CCOC(=O)c1c(C(F)(F)F)[nH]c2ccccc2c1=O.O=C(O)c1c(C(F)(F)F)[nH]c2ccccc2c1=O. The van der Waals surface area contributed by atoms with Gasteiger partial charge in [-0.3, -0.25) is 9.59 Å². The second-order valence-corrected chi connectivity index (χ2v) is 7.52. The maximum absolute atomic E-state index is 13.0. The Bertz CT molecular complexity index is 1650. The molecule has 0 unspecified atom stereocenters. The molecule has 14 heteroatoms. The Morgan fingerprint density at radius 3 is 1.55 bits per heavy atom. The van der Waals surface area contributed by atoms with E-state index >= 15 is 0 Å². The molecule has 200 valence electrons. The fourth-order valence-electron chi connectivity index (χ4n) is 3.50. The molecule has 0 bridgehead atoms. The van der Waals surface area contributed by atoms with Crippen molar-refractivity contribution >= 4 is 33.7 Å². The Labute approximate surface area is 207 Å². The molecule has 2 aromatic heterocycles. The number of carboxylic acids is 1. The number of carbonyl (C=O) groups excluding carboxylic acids is 1. The number of benzene rings is 2. The van der Waals surface area contributed by atoms with Crippen molar-refractivity contribution in [1.29, 1.82) is 0 Å². The van der Waals surface area contributed by atoms with Crippen molar-refractivity contribution in [2.75, 3.05) is 6.61 Å². The minimum Gasteiger partial charge on any atom is -0.477 e. The maximum atomic E-state index is 13.0. The summed E-state index contributed by atoms with van der Waals surface area (Å²) in [6.07, 6.45) is -9.79. The smallest absolute Gasteiger partial charge is 0.432 e. The molecule has 3 N–H and O–H groups in total. The molecule has 8 nitrogen and oxygen atoms in total. The molecular formula is C24H16F6N2O6. The first-order valence-corrected chi connectivity index (χ1v) is 10.5. The van der Waals surface area contributed by atoms with E-state index in [0.717, 1.165) is 0 Å². The zero-order valence-electron chi connectivity index (χ0n) is 19.1. The van der Waals surface area contributed by atoms with Gasteiger partial charge in [0.25, 0.3) is 0 Å². The van der Waals surface area contributed by atoms with Gasteiger partial charge in [0.05, 0.1) is 6.61 Å². The molecule has 0 saturated heterocycles. The lowest BCUT2D eigenvalue weighted by atomic mass is 10.1. The molecule has 2 aromatic carbocycles. The lowest BCUT2D eigenvalue weighted by Gasteiger charge is -2.13. The number of pyridine rings is 2. The maximum Gasteiger partial charge on any atom is 0.432 e. The number of hydrogen-bond acceptors (Lipinski definition) is 5. The van der Waals surface area contributed by atoms with E-state index in [1.165, 1.54) is 55.5 Å².